The second-order valence-electron chi connectivity index (χ2n) is 5.62. The molecule has 1 N–H and O–H groups in total. The van der Waals surface area contributed by atoms with E-state index in [1.165, 1.54) is 13.2 Å². The van der Waals surface area contributed by atoms with Crippen LogP contribution in [-0.2, 0) is 14.8 Å². The minimum Gasteiger partial charge on any atom is -0.495 e. The zero-order chi connectivity index (χ0) is 19.5. The number of carbonyl (C=O) groups is 1. The van der Waals surface area contributed by atoms with Crippen molar-refractivity contribution in [1.82, 2.24) is 0 Å². The summed E-state index contributed by atoms with van der Waals surface area (Å²) in [5.74, 6) is -0.822. The van der Waals surface area contributed by atoms with E-state index in [0.29, 0.717) is 11.4 Å². The second kappa shape index (κ2) is 7.92. The fourth-order valence-electron chi connectivity index (χ4n) is 2.28. The first-order valence-electron chi connectivity index (χ1n) is 7.49. The van der Waals surface area contributed by atoms with Crippen molar-refractivity contribution in [1.29, 1.82) is 0 Å². The lowest BCUT2D eigenvalue weighted by Gasteiger charge is -2.22. The van der Waals surface area contributed by atoms with Crippen molar-refractivity contribution in [2.45, 2.75) is 6.92 Å². The van der Waals surface area contributed by atoms with E-state index in [1.54, 1.807) is 12.1 Å². The molecule has 6 nitrogen and oxygen atoms in total. The van der Waals surface area contributed by atoms with Crippen LogP contribution >= 0.6 is 11.6 Å². The summed E-state index contributed by atoms with van der Waals surface area (Å²) < 4.78 is 43.5. The van der Waals surface area contributed by atoms with Gasteiger partial charge in [-0.15, -0.1) is 0 Å². The highest BCUT2D eigenvalue weighted by atomic mass is 35.5. The minimum atomic E-state index is -3.80. The predicted molar refractivity (Wildman–Crippen MR) is 100.0 cm³/mol. The largest absolute Gasteiger partial charge is 0.495 e. The number of hydrogen-bond acceptors (Lipinski definition) is 4. The minimum absolute atomic E-state index is 0.0882. The number of nitrogens with one attached hydrogen (secondary N) is 1. The molecule has 26 heavy (non-hydrogen) atoms. The molecule has 0 saturated carbocycles. The van der Waals surface area contributed by atoms with Gasteiger partial charge in [0.05, 0.1) is 29.8 Å². The maximum atomic E-state index is 13.3. The van der Waals surface area contributed by atoms with Gasteiger partial charge < -0.3 is 10.1 Å². The first-order valence-corrected chi connectivity index (χ1v) is 9.71. The normalized spacial score (nSPS) is 11.1. The number of benzene rings is 2. The van der Waals surface area contributed by atoms with E-state index in [0.717, 1.165) is 28.3 Å². The molecule has 0 spiro atoms. The number of nitrogens with zero attached hydrogens (tertiary/aromatic N) is 1. The van der Waals surface area contributed by atoms with Gasteiger partial charge in [0.15, 0.2) is 0 Å². The summed E-state index contributed by atoms with van der Waals surface area (Å²) in [5, 5.41) is 2.38. The van der Waals surface area contributed by atoms with Gasteiger partial charge in [-0.3, -0.25) is 9.10 Å². The monoisotopic (exact) mass is 400 g/mol. The number of carbonyl (C=O) groups excluding carboxylic acids is 1. The number of aryl methyl sites for hydroxylation is 1. The number of hydrogen-bond donors (Lipinski definition) is 1. The van der Waals surface area contributed by atoms with E-state index < -0.39 is 28.3 Å². The Kier molecular flexibility index (Phi) is 6.09. The molecule has 0 saturated heterocycles. The molecule has 0 atom stereocenters. The van der Waals surface area contributed by atoms with Crippen molar-refractivity contribution in [3.05, 3.63) is 52.8 Å². The quantitative estimate of drug-likeness (QED) is 0.807. The molecular weight excluding hydrogens is 383 g/mol. The smallest absolute Gasteiger partial charge is 0.245 e. The molecule has 1 amide bonds. The van der Waals surface area contributed by atoms with E-state index in [1.807, 2.05) is 13.0 Å². The zero-order valence-corrected chi connectivity index (χ0v) is 16.0. The van der Waals surface area contributed by atoms with Gasteiger partial charge in [-0.1, -0.05) is 17.7 Å². The van der Waals surface area contributed by atoms with E-state index in [-0.39, 0.29) is 10.7 Å². The van der Waals surface area contributed by atoms with Crippen LogP contribution in [0.1, 0.15) is 5.56 Å². The number of amides is 1. The van der Waals surface area contributed by atoms with Crippen molar-refractivity contribution in [2.75, 3.05) is 29.5 Å². The highest BCUT2D eigenvalue weighted by Gasteiger charge is 2.22. The van der Waals surface area contributed by atoms with Gasteiger partial charge in [-0.05, 0) is 42.8 Å². The molecule has 0 aliphatic heterocycles. The van der Waals surface area contributed by atoms with Gasteiger partial charge in [-0.2, -0.15) is 0 Å². The van der Waals surface area contributed by atoms with Crippen LogP contribution < -0.4 is 14.4 Å². The molecule has 0 aliphatic carbocycles. The third kappa shape index (κ3) is 4.86. The molecule has 0 radical (unpaired) electrons. The Morgan fingerprint density at radius 2 is 1.96 bits per heavy atom. The fourth-order valence-corrected chi connectivity index (χ4v) is 3.30. The Hall–Kier alpha value is -2.32. The fraction of sp³-hybridized carbons (Fsp3) is 0.235. The Balaban J connectivity index is 2.28. The van der Waals surface area contributed by atoms with Crippen molar-refractivity contribution >= 4 is 38.9 Å². The molecule has 0 unspecified atom stereocenters. The van der Waals surface area contributed by atoms with E-state index in [4.69, 9.17) is 16.3 Å². The third-order valence-electron chi connectivity index (χ3n) is 3.51. The Labute approximate surface area is 156 Å². The molecule has 2 aromatic carbocycles. The van der Waals surface area contributed by atoms with Gasteiger partial charge in [0.2, 0.25) is 15.9 Å². The molecule has 0 aliphatic rings. The lowest BCUT2D eigenvalue weighted by Crippen LogP contribution is -2.37. The molecule has 9 heteroatoms. The van der Waals surface area contributed by atoms with E-state index in [2.05, 4.69) is 5.32 Å². The maximum absolute atomic E-state index is 13.3. The van der Waals surface area contributed by atoms with Crippen LogP contribution in [0.2, 0.25) is 5.02 Å². The van der Waals surface area contributed by atoms with Crippen molar-refractivity contribution in [3.8, 4) is 5.75 Å². The highest BCUT2D eigenvalue weighted by molar-refractivity contribution is 7.92. The number of methoxy groups -OCH3 is 1. The maximum Gasteiger partial charge on any atom is 0.245 e. The summed E-state index contributed by atoms with van der Waals surface area (Å²) in [4.78, 5) is 12.4. The topological polar surface area (TPSA) is 75.7 Å². The summed E-state index contributed by atoms with van der Waals surface area (Å²) >= 11 is 5.72. The first-order chi connectivity index (χ1) is 12.1. The first kappa shape index (κ1) is 20.0. The molecule has 0 aromatic heterocycles. The summed E-state index contributed by atoms with van der Waals surface area (Å²) in [6.45, 7) is 1.34. The average molecular weight is 401 g/mol. The Morgan fingerprint density at radius 1 is 1.27 bits per heavy atom. The molecule has 0 bridgehead atoms. The lowest BCUT2D eigenvalue weighted by atomic mass is 10.2. The van der Waals surface area contributed by atoms with Crippen LogP contribution in [0, 0.1) is 12.7 Å². The second-order valence-corrected chi connectivity index (χ2v) is 7.93. The lowest BCUT2D eigenvalue weighted by molar-refractivity contribution is -0.114. The summed E-state index contributed by atoms with van der Waals surface area (Å²) in [7, 11) is -2.34. The van der Waals surface area contributed by atoms with Crippen LogP contribution in [0.25, 0.3) is 0 Å². The summed E-state index contributed by atoms with van der Waals surface area (Å²) in [5.41, 5.74) is 1.40. The summed E-state index contributed by atoms with van der Waals surface area (Å²) in [6.07, 6.45) is 0.949. The van der Waals surface area contributed by atoms with Crippen molar-refractivity contribution in [3.63, 3.8) is 0 Å². The predicted octanol–water partition coefficient (Wildman–Crippen LogP) is 3.20. The molecule has 0 fully saturated rings. The summed E-state index contributed by atoms with van der Waals surface area (Å²) in [6, 6.07) is 8.64. The highest BCUT2D eigenvalue weighted by Crippen LogP contribution is 2.27. The van der Waals surface area contributed by atoms with Crippen LogP contribution in [0.5, 0.6) is 5.75 Å². The van der Waals surface area contributed by atoms with Gasteiger partial charge in [0, 0.05) is 0 Å². The van der Waals surface area contributed by atoms with Crippen LogP contribution in [0.15, 0.2) is 36.4 Å². The van der Waals surface area contributed by atoms with Crippen LogP contribution in [-0.4, -0.2) is 34.2 Å². The van der Waals surface area contributed by atoms with E-state index >= 15 is 0 Å². The third-order valence-corrected chi connectivity index (χ3v) is 4.94. The number of rotatable bonds is 6. The molecule has 2 aromatic rings. The van der Waals surface area contributed by atoms with Crippen LogP contribution in [0.3, 0.4) is 0 Å². The van der Waals surface area contributed by atoms with Crippen molar-refractivity contribution in [2.24, 2.45) is 0 Å². The SMILES string of the molecule is COc1ccc(C)cc1NC(=O)CN(c1ccc(F)c(Cl)c1)S(C)(=O)=O. The number of anilines is 2. The van der Waals surface area contributed by atoms with Gasteiger partial charge in [0.25, 0.3) is 0 Å². The van der Waals surface area contributed by atoms with Gasteiger partial charge >= 0.3 is 0 Å². The van der Waals surface area contributed by atoms with Gasteiger partial charge in [-0.25, -0.2) is 12.8 Å². The molecule has 2 rings (SSSR count). The number of sulfonamides is 1. The van der Waals surface area contributed by atoms with Crippen LogP contribution in [0.4, 0.5) is 15.8 Å². The number of halogens is 2. The zero-order valence-electron chi connectivity index (χ0n) is 14.4. The molecule has 0 heterocycles. The number of ether oxygens (including phenoxy) is 1. The average Bonchev–Trinajstić information content (AvgIpc) is 2.54. The van der Waals surface area contributed by atoms with E-state index in [9.17, 15) is 17.6 Å². The Bertz CT molecular complexity index is 934. The standard InChI is InChI=1S/C17H18ClFN2O4S/c1-11-4-7-16(25-2)15(8-11)20-17(22)10-21(26(3,23)24)12-5-6-14(19)13(18)9-12/h4-9H,10H2,1-3H3,(H,20,22). The Morgan fingerprint density at radius 3 is 2.54 bits per heavy atom. The molecule has 140 valence electrons. The van der Waals surface area contributed by atoms with Crippen molar-refractivity contribution < 1.29 is 22.3 Å². The molecular formula is C17H18ClFN2O4S. The van der Waals surface area contributed by atoms with Gasteiger partial charge in [0.1, 0.15) is 18.1 Å².